The fraction of sp³-hybridized carbons (Fsp3) is 0.667. The van der Waals surface area contributed by atoms with Crippen LogP contribution in [0.1, 0.15) is 26.3 Å². The van der Waals surface area contributed by atoms with E-state index in [9.17, 15) is 9.90 Å². The number of likely N-dealkylation sites (tertiary alicyclic amines) is 1. The Hall–Kier alpha value is -1.40. The summed E-state index contributed by atoms with van der Waals surface area (Å²) in [7, 11) is 0. The Morgan fingerprint density at radius 3 is 3.06 bits per heavy atom. The lowest BCUT2D eigenvalue weighted by molar-refractivity contribution is -0.117. The minimum absolute atomic E-state index is 0.0634. The average molecular weight is 252 g/mol. The standard InChI is InChI=1S/C12H20N4O2/c1-9(2)16-11(3-5-13-16)14-12(18)8-15-6-4-10(17)7-15/h3,5,9-10,17H,4,6-8H2,1-2H3,(H,14,18)/t10-/m0/s1. The topological polar surface area (TPSA) is 70.4 Å². The first-order valence-electron chi connectivity index (χ1n) is 6.30. The number of aliphatic hydroxyl groups excluding tert-OH is 1. The number of aromatic nitrogens is 2. The Balaban J connectivity index is 1.89. The van der Waals surface area contributed by atoms with Crippen LogP contribution in [0.5, 0.6) is 0 Å². The fourth-order valence-corrected chi connectivity index (χ4v) is 2.17. The van der Waals surface area contributed by atoms with Crippen LogP contribution >= 0.6 is 0 Å². The van der Waals surface area contributed by atoms with Gasteiger partial charge in [-0.2, -0.15) is 5.10 Å². The molecule has 1 fully saturated rings. The number of aliphatic hydroxyl groups is 1. The first kappa shape index (κ1) is 13.0. The minimum atomic E-state index is -0.293. The van der Waals surface area contributed by atoms with Crippen molar-refractivity contribution in [2.24, 2.45) is 0 Å². The van der Waals surface area contributed by atoms with Crippen LogP contribution in [-0.2, 0) is 4.79 Å². The van der Waals surface area contributed by atoms with Crippen LogP contribution < -0.4 is 5.32 Å². The summed E-state index contributed by atoms with van der Waals surface area (Å²) in [5.74, 6) is 0.654. The molecule has 1 amide bonds. The van der Waals surface area contributed by atoms with Crippen LogP contribution in [0, 0.1) is 0 Å². The average Bonchev–Trinajstić information content (AvgIpc) is 2.87. The summed E-state index contributed by atoms with van der Waals surface area (Å²) < 4.78 is 1.77. The third-order valence-corrected chi connectivity index (χ3v) is 3.04. The van der Waals surface area contributed by atoms with Crippen molar-refractivity contribution in [1.82, 2.24) is 14.7 Å². The monoisotopic (exact) mass is 252 g/mol. The summed E-state index contributed by atoms with van der Waals surface area (Å²) in [5.41, 5.74) is 0. The molecule has 2 rings (SSSR count). The lowest BCUT2D eigenvalue weighted by Crippen LogP contribution is -2.32. The molecular weight excluding hydrogens is 232 g/mol. The molecule has 1 saturated heterocycles. The fourth-order valence-electron chi connectivity index (χ4n) is 2.17. The maximum atomic E-state index is 11.9. The molecule has 1 aliphatic rings. The first-order chi connectivity index (χ1) is 8.56. The molecule has 0 radical (unpaired) electrons. The minimum Gasteiger partial charge on any atom is -0.392 e. The van der Waals surface area contributed by atoms with E-state index in [1.165, 1.54) is 0 Å². The van der Waals surface area contributed by atoms with Crippen LogP contribution in [0.25, 0.3) is 0 Å². The highest BCUT2D eigenvalue weighted by molar-refractivity contribution is 5.91. The van der Waals surface area contributed by atoms with E-state index in [-0.39, 0.29) is 18.1 Å². The van der Waals surface area contributed by atoms with Gasteiger partial charge < -0.3 is 10.4 Å². The normalized spacial score (nSPS) is 20.6. The first-order valence-corrected chi connectivity index (χ1v) is 6.30. The molecule has 0 bridgehead atoms. The lowest BCUT2D eigenvalue weighted by atomic mass is 10.3. The van der Waals surface area contributed by atoms with Gasteiger partial charge in [0.2, 0.25) is 5.91 Å². The number of hydrogen-bond donors (Lipinski definition) is 2. The van der Waals surface area contributed by atoms with Gasteiger partial charge >= 0.3 is 0 Å². The van der Waals surface area contributed by atoms with Gasteiger partial charge in [-0.05, 0) is 20.3 Å². The molecule has 0 aromatic carbocycles. The predicted molar refractivity (Wildman–Crippen MR) is 68.3 cm³/mol. The smallest absolute Gasteiger partial charge is 0.239 e. The number of amides is 1. The van der Waals surface area contributed by atoms with Gasteiger partial charge in [-0.1, -0.05) is 0 Å². The Morgan fingerprint density at radius 1 is 1.67 bits per heavy atom. The highest BCUT2D eigenvalue weighted by Gasteiger charge is 2.22. The van der Waals surface area contributed by atoms with E-state index in [1.54, 1.807) is 16.9 Å². The van der Waals surface area contributed by atoms with Crippen molar-refractivity contribution >= 4 is 11.7 Å². The third kappa shape index (κ3) is 3.08. The molecule has 6 nitrogen and oxygen atoms in total. The number of β-amino-alcohol motifs (C(OH)–C–C–N with tert-alkyl or cyclic N) is 1. The largest absolute Gasteiger partial charge is 0.392 e. The van der Waals surface area contributed by atoms with Crippen molar-refractivity contribution < 1.29 is 9.90 Å². The van der Waals surface area contributed by atoms with Crippen molar-refractivity contribution in [1.29, 1.82) is 0 Å². The molecule has 18 heavy (non-hydrogen) atoms. The molecule has 1 aromatic rings. The molecule has 6 heteroatoms. The van der Waals surface area contributed by atoms with Gasteiger partial charge in [-0.15, -0.1) is 0 Å². The second-order valence-electron chi connectivity index (χ2n) is 4.98. The zero-order chi connectivity index (χ0) is 13.1. The number of nitrogens with one attached hydrogen (secondary N) is 1. The van der Waals surface area contributed by atoms with E-state index >= 15 is 0 Å². The van der Waals surface area contributed by atoms with Crippen LogP contribution in [0.15, 0.2) is 12.3 Å². The summed E-state index contributed by atoms with van der Waals surface area (Å²) in [6, 6.07) is 2.00. The number of nitrogens with zero attached hydrogens (tertiary/aromatic N) is 3. The zero-order valence-corrected chi connectivity index (χ0v) is 10.8. The molecule has 0 unspecified atom stereocenters. The van der Waals surface area contributed by atoms with Gasteiger partial charge in [0, 0.05) is 25.2 Å². The van der Waals surface area contributed by atoms with Crippen molar-refractivity contribution in [3.05, 3.63) is 12.3 Å². The molecular formula is C12H20N4O2. The predicted octanol–water partition coefficient (Wildman–Crippen LogP) is 0.469. The third-order valence-electron chi connectivity index (χ3n) is 3.04. The number of carbonyl (C=O) groups excluding carboxylic acids is 1. The molecule has 1 aliphatic heterocycles. The van der Waals surface area contributed by atoms with E-state index < -0.39 is 0 Å². The second kappa shape index (κ2) is 5.49. The van der Waals surface area contributed by atoms with Gasteiger partial charge in [0.25, 0.3) is 0 Å². The zero-order valence-electron chi connectivity index (χ0n) is 10.8. The van der Waals surface area contributed by atoms with Crippen LogP contribution in [0.3, 0.4) is 0 Å². The highest BCUT2D eigenvalue weighted by atomic mass is 16.3. The Morgan fingerprint density at radius 2 is 2.44 bits per heavy atom. The van der Waals surface area contributed by atoms with Crippen molar-refractivity contribution in [2.45, 2.75) is 32.4 Å². The van der Waals surface area contributed by atoms with Gasteiger partial charge in [0.1, 0.15) is 5.82 Å². The Labute approximate surface area is 107 Å². The van der Waals surface area contributed by atoms with Crippen LogP contribution in [0.2, 0.25) is 0 Å². The van der Waals surface area contributed by atoms with Gasteiger partial charge in [-0.3, -0.25) is 9.69 Å². The summed E-state index contributed by atoms with van der Waals surface area (Å²) in [6.07, 6.45) is 2.13. The van der Waals surface area contributed by atoms with Crippen LogP contribution in [0.4, 0.5) is 5.82 Å². The number of anilines is 1. The quantitative estimate of drug-likeness (QED) is 0.817. The number of hydrogen-bond acceptors (Lipinski definition) is 4. The maximum Gasteiger partial charge on any atom is 0.239 e. The number of rotatable bonds is 4. The summed E-state index contributed by atoms with van der Waals surface area (Å²) in [6.45, 7) is 5.70. The molecule has 1 atom stereocenters. The Kier molecular flexibility index (Phi) is 3.98. The molecule has 0 aliphatic carbocycles. The van der Waals surface area contributed by atoms with Gasteiger partial charge in [0.15, 0.2) is 0 Å². The summed E-state index contributed by atoms with van der Waals surface area (Å²) in [5, 5.41) is 16.4. The van der Waals surface area contributed by atoms with Gasteiger partial charge in [0.05, 0.1) is 18.8 Å². The summed E-state index contributed by atoms with van der Waals surface area (Å²) >= 11 is 0. The SMILES string of the molecule is CC(C)n1nccc1NC(=O)CN1CC[C@H](O)C1. The van der Waals surface area contributed by atoms with Crippen molar-refractivity contribution in [3.63, 3.8) is 0 Å². The van der Waals surface area contributed by atoms with E-state index in [0.29, 0.717) is 13.1 Å². The van der Waals surface area contributed by atoms with E-state index in [1.807, 2.05) is 18.7 Å². The van der Waals surface area contributed by atoms with E-state index in [4.69, 9.17) is 0 Å². The highest BCUT2D eigenvalue weighted by Crippen LogP contribution is 2.13. The number of carbonyl (C=O) groups is 1. The van der Waals surface area contributed by atoms with Crippen molar-refractivity contribution in [3.8, 4) is 0 Å². The van der Waals surface area contributed by atoms with E-state index in [2.05, 4.69) is 10.4 Å². The molecule has 2 N–H and O–H groups in total. The Bertz CT molecular complexity index is 416. The molecule has 100 valence electrons. The van der Waals surface area contributed by atoms with Gasteiger partial charge in [-0.25, -0.2) is 4.68 Å². The lowest BCUT2D eigenvalue weighted by Gasteiger charge is -2.16. The maximum absolute atomic E-state index is 11.9. The van der Waals surface area contributed by atoms with Crippen LogP contribution in [-0.4, -0.2) is 51.4 Å². The van der Waals surface area contributed by atoms with Crippen molar-refractivity contribution in [2.75, 3.05) is 25.0 Å². The molecule has 0 saturated carbocycles. The molecule has 0 spiro atoms. The second-order valence-corrected chi connectivity index (χ2v) is 4.98. The molecule has 1 aromatic heterocycles. The molecule has 2 heterocycles. The summed E-state index contributed by atoms with van der Waals surface area (Å²) in [4.78, 5) is 13.8. The van der Waals surface area contributed by atoms with E-state index in [0.717, 1.165) is 18.8 Å².